The molecule has 2 nitrogen and oxygen atoms in total. The van der Waals surface area contributed by atoms with Gasteiger partial charge in [-0.15, -0.1) is 0 Å². The van der Waals surface area contributed by atoms with Crippen molar-refractivity contribution < 1.29 is 9.18 Å². The van der Waals surface area contributed by atoms with E-state index in [1.165, 1.54) is 6.07 Å². The van der Waals surface area contributed by atoms with Crippen molar-refractivity contribution in [3.05, 3.63) is 70.0 Å². The lowest BCUT2D eigenvalue weighted by molar-refractivity contribution is 0.0992. The zero-order chi connectivity index (χ0) is 14.5. The molecule has 2 aromatic rings. The van der Waals surface area contributed by atoms with E-state index in [0.717, 1.165) is 12.0 Å². The van der Waals surface area contributed by atoms with Gasteiger partial charge in [-0.3, -0.25) is 4.79 Å². The molecule has 104 valence electrons. The van der Waals surface area contributed by atoms with E-state index in [-0.39, 0.29) is 17.2 Å². The third-order valence-electron chi connectivity index (χ3n) is 3.09. The summed E-state index contributed by atoms with van der Waals surface area (Å²) in [5, 5.41) is 0.0357. The predicted octanol–water partition coefficient (Wildman–Crippen LogP) is 3.41. The molecule has 0 aromatic heterocycles. The molecule has 0 bridgehead atoms. The molecule has 2 N–H and O–H groups in total. The largest absolute Gasteiger partial charge is 0.330 e. The first kappa shape index (κ1) is 14.7. The van der Waals surface area contributed by atoms with Gasteiger partial charge in [-0.05, 0) is 30.2 Å². The Kier molecular flexibility index (Phi) is 4.88. The second-order valence-electron chi connectivity index (χ2n) is 4.55. The smallest absolute Gasteiger partial charge is 0.167 e. The van der Waals surface area contributed by atoms with Gasteiger partial charge in [0.05, 0.1) is 5.02 Å². The number of benzene rings is 2. The molecule has 0 atom stereocenters. The highest BCUT2D eigenvalue weighted by atomic mass is 35.5. The third kappa shape index (κ3) is 3.44. The van der Waals surface area contributed by atoms with Crippen LogP contribution in [0.3, 0.4) is 0 Å². The molecule has 0 aliphatic heterocycles. The summed E-state index contributed by atoms with van der Waals surface area (Å²) in [4.78, 5) is 12.1. The van der Waals surface area contributed by atoms with Gasteiger partial charge in [0, 0.05) is 12.0 Å². The van der Waals surface area contributed by atoms with Crippen LogP contribution in [0.15, 0.2) is 42.5 Å². The number of nitrogens with two attached hydrogens (primary N) is 1. The zero-order valence-electron chi connectivity index (χ0n) is 10.9. The van der Waals surface area contributed by atoms with Crippen molar-refractivity contribution in [2.75, 3.05) is 6.54 Å². The van der Waals surface area contributed by atoms with Crippen molar-refractivity contribution in [3.8, 4) is 0 Å². The van der Waals surface area contributed by atoms with Gasteiger partial charge in [0.15, 0.2) is 5.78 Å². The predicted molar refractivity (Wildman–Crippen MR) is 78.6 cm³/mol. The number of carbonyl (C=O) groups is 1. The van der Waals surface area contributed by atoms with Gasteiger partial charge < -0.3 is 5.73 Å². The van der Waals surface area contributed by atoms with E-state index < -0.39 is 5.82 Å². The van der Waals surface area contributed by atoms with Crippen LogP contribution in [-0.4, -0.2) is 12.3 Å². The van der Waals surface area contributed by atoms with Crippen LogP contribution in [0.1, 0.15) is 21.5 Å². The second kappa shape index (κ2) is 6.64. The Labute approximate surface area is 122 Å². The number of Topliss-reactive ketones (excluding diaryl/α,β-unsaturated/α-hetero) is 1. The van der Waals surface area contributed by atoms with Crippen LogP contribution in [0.5, 0.6) is 0 Å². The highest BCUT2D eigenvalue weighted by Gasteiger charge is 2.12. The van der Waals surface area contributed by atoms with Crippen molar-refractivity contribution in [2.24, 2.45) is 5.73 Å². The Hall–Kier alpha value is -1.71. The standard InChI is InChI=1S/C16H15ClFNO/c17-14-3-1-2-13(16(14)18)10-15(20)12-6-4-11(5-7-12)8-9-19/h1-7H,8-10,19H2. The highest BCUT2D eigenvalue weighted by molar-refractivity contribution is 6.30. The summed E-state index contributed by atoms with van der Waals surface area (Å²) in [5.41, 5.74) is 7.43. The van der Waals surface area contributed by atoms with E-state index in [4.69, 9.17) is 17.3 Å². The molecule has 0 spiro atoms. The van der Waals surface area contributed by atoms with Crippen LogP contribution >= 0.6 is 11.6 Å². The molecule has 0 radical (unpaired) electrons. The van der Waals surface area contributed by atoms with E-state index in [0.29, 0.717) is 17.7 Å². The quantitative estimate of drug-likeness (QED) is 0.858. The average Bonchev–Trinajstić information content (AvgIpc) is 2.45. The van der Waals surface area contributed by atoms with Crippen molar-refractivity contribution in [2.45, 2.75) is 12.8 Å². The van der Waals surface area contributed by atoms with Crippen LogP contribution in [0.2, 0.25) is 5.02 Å². The summed E-state index contributed by atoms with van der Waals surface area (Å²) in [5.74, 6) is -0.660. The van der Waals surface area contributed by atoms with E-state index in [1.54, 1.807) is 24.3 Å². The van der Waals surface area contributed by atoms with Crippen LogP contribution in [0.4, 0.5) is 4.39 Å². The molecule has 0 amide bonds. The summed E-state index contributed by atoms with van der Waals surface area (Å²) < 4.78 is 13.7. The molecule has 2 aromatic carbocycles. The summed E-state index contributed by atoms with van der Waals surface area (Å²) in [6.07, 6.45) is 0.778. The average molecular weight is 292 g/mol. The Balaban J connectivity index is 2.13. The minimum atomic E-state index is -0.526. The second-order valence-corrected chi connectivity index (χ2v) is 4.96. The van der Waals surface area contributed by atoms with Crippen molar-refractivity contribution in [3.63, 3.8) is 0 Å². The van der Waals surface area contributed by atoms with E-state index >= 15 is 0 Å². The molecule has 0 fully saturated rings. The van der Waals surface area contributed by atoms with Gasteiger partial charge >= 0.3 is 0 Å². The molecule has 0 unspecified atom stereocenters. The SMILES string of the molecule is NCCc1ccc(C(=O)Cc2cccc(Cl)c2F)cc1. The van der Waals surface area contributed by atoms with Gasteiger partial charge in [0.2, 0.25) is 0 Å². The Morgan fingerprint density at radius 1 is 1.15 bits per heavy atom. The maximum atomic E-state index is 13.7. The van der Waals surface area contributed by atoms with Gasteiger partial charge in [-0.25, -0.2) is 4.39 Å². The zero-order valence-corrected chi connectivity index (χ0v) is 11.7. The Morgan fingerprint density at radius 3 is 2.50 bits per heavy atom. The first-order valence-corrected chi connectivity index (χ1v) is 6.74. The maximum Gasteiger partial charge on any atom is 0.167 e. The minimum Gasteiger partial charge on any atom is -0.330 e. The summed E-state index contributed by atoms with van der Waals surface area (Å²) in [6.45, 7) is 0.570. The lowest BCUT2D eigenvalue weighted by atomic mass is 10.0. The van der Waals surface area contributed by atoms with Crippen molar-refractivity contribution >= 4 is 17.4 Å². The van der Waals surface area contributed by atoms with Gasteiger partial charge in [-0.1, -0.05) is 48.0 Å². The van der Waals surface area contributed by atoms with E-state index in [9.17, 15) is 9.18 Å². The maximum absolute atomic E-state index is 13.7. The van der Waals surface area contributed by atoms with Crippen LogP contribution in [-0.2, 0) is 12.8 Å². The van der Waals surface area contributed by atoms with Crippen LogP contribution in [0.25, 0.3) is 0 Å². The number of hydrogen-bond donors (Lipinski definition) is 1. The summed E-state index contributed by atoms with van der Waals surface area (Å²) in [7, 11) is 0. The topological polar surface area (TPSA) is 43.1 Å². The number of ketones is 1. The number of halogens is 2. The van der Waals surface area contributed by atoms with Crippen LogP contribution < -0.4 is 5.73 Å². The fourth-order valence-corrected chi connectivity index (χ4v) is 2.18. The van der Waals surface area contributed by atoms with E-state index in [1.807, 2.05) is 12.1 Å². The van der Waals surface area contributed by atoms with Gasteiger partial charge in [0.25, 0.3) is 0 Å². The molecular weight excluding hydrogens is 277 g/mol. The fraction of sp³-hybridized carbons (Fsp3) is 0.188. The van der Waals surface area contributed by atoms with Gasteiger partial charge in [0.1, 0.15) is 5.82 Å². The third-order valence-corrected chi connectivity index (χ3v) is 3.38. The first-order valence-electron chi connectivity index (χ1n) is 6.37. The molecule has 0 aliphatic rings. The lowest BCUT2D eigenvalue weighted by Crippen LogP contribution is -2.06. The molecule has 0 heterocycles. The lowest BCUT2D eigenvalue weighted by Gasteiger charge is -2.05. The normalized spacial score (nSPS) is 10.6. The minimum absolute atomic E-state index is 0.00261. The van der Waals surface area contributed by atoms with Crippen LogP contribution in [0, 0.1) is 5.82 Å². The van der Waals surface area contributed by atoms with Crippen molar-refractivity contribution in [1.29, 1.82) is 0 Å². The molecular formula is C16H15ClFNO. The number of rotatable bonds is 5. The number of hydrogen-bond acceptors (Lipinski definition) is 2. The highest BCUT2D eigenvalue weighted by Crippen LogP contribution is 2.19. The summed E-state index contributed by atoms with van der Waals surface area (Å²) >= 11 is 5.70. The van der Waals surface area contributed by atoms with Crippen molar-refractivity contribution in [1.82, 2.24) is 0 Å². The molecule has 0 saturated heterocycles. The molecule has 20 heavy (non-hydrogen) atoms. The first-order chi connectivity index (χ1) is 9.61. The number of carbonyl (C=O) groups excluding carboxylic acids is 1. The van der Waals surface area contributed by atoms with Gasteiger partial charge in [-0.2, -0.15) is 0 Å². The Morgan fingerprint density at radius 2 is 1.85 bits per heavy atom. The molecule has 0 aliphatic carbocycles. The fourth-order valence-electron chi connectivity index (χ4n) is 1.98. The Bertz CT molecular complexity index is 610. The monoisotopic (exact) mass is 291 g/mol. The molecule has 0 saturated carbocycles. The molecule has 2 rings (SSSR count). The van der Waals surface area contributed by atoms with E-state index in [2.05, 4.69) is 0 Å². The molecule has 4 heteroatoms. The summed E-state index contributed by atoms with van der Waals surface area (Å²) in [6, 6.07) is 11.9.